The zero-order chi connectivity index (χ0) is 20.7. The van der Waals surface area contributed by atoms with Gasteiger partial charge in [-0.3, -0.25) is 9.98 Å². The van der Waals surface area contributed by atoms with Crippen LogP contribution in [0.5, 0.6) is 0 Å². The molecular weight excluding hydrogens is 379 g/mol. The van der Waals surface area contributed by atoms with Gasteiger partial charge in [-0.05, 0) is 57.0 Å². The Morgan fingerprint density at radius 1 is 1.17 bits per heavy atom. The number of halogens is 1. The van der Waals surface area contributed by atoms with E-state index in [4.69, 9.17) is 4.99 Å². The molecule has 0 spiro atoms. The van der Waals surface area contributed by atoms with Crippen molar-refractivity contribution >= 4 is 5.84 Å². The van der Waals surface area contributed by atoms with Gasteiger partial charge >= 0.3 is 0 Å². The van der Waals surface area contributed by atoms with E-state index >= 15 is 0 Å². The molecule has 1 N–H and O–H groups in total. The van der Waals surface area contributed by atoms with Crippen LogP contribution in [0.15, 0.2) is 41.3 Å². The van der Waals surface area contributed by atoms with E-state index in [1.807, 2.05) is 6.92 Å². The van der Waals surface area contributed by atoms with Gasteiger partial charge in [0.05, 0.1) is 24.0 Å². The largest absolute Gasteiger partial charge is 0.355 e. The van der Waals surface area contributed by atoms with Crippen molar-refractivity contribution in [2.75, 3.05) is 39.8 Å². The third-order valence-corrected chi connectivity index (χ3v) is 6.84. The lowest BCUT2D eigenvalue weighted by Crippen LogP contribution is -2.50. The Bertz CT molecular complexity index is 886. The Morgan fingerprint density at radius 3 is 2.80 bits per heavy atom. The molecule has 4 aliphatic rings. The zero-order valence-electron chi connectivity index (χ0n) is 17.9. The second-order valence-electron chi connectivity index (χ2n) is 8.95. The van der Waals surface area contributed by atoms with Crippen molar-refractivity contribution in [1.29, 1.82) is 0 Å². The Balaban J connectivity index is 1.29. The Labute approximate surface area is 178 Å². The summed E-state index contributed by atoms with van der Waals surface area (Å²) in [4.78, 5) is 16.8. The third kappa shape index (κ3) is 3.76. The number of piperidine rings is 1. The van der Waals surface area contributed by atoms with E-state index < -0.39 is 0 Å². The number of aromatic nitrogens is 1. The van der Waals surface area contributed by atoms with E-state index in [-0.39, 0.29) is 17.9 Å². The number of piperazine rings is 1. The lowest BCUT2D eigenvalue weighted by atomic mass is 9.91. The van der Waals surface area contributed by atoms with Crippen LogP contribution in [0.2, 0.25) is 0 Å². The van der Waals surface area contributed by atoms with Gasteiger partial charge in [0.2, 0.25) is 0 Å². The number of hydrogen-bond acceptors (Lipinski definition) is 6. The standard InChI is InChI=1S/C23H31FN6/c1-16-13-17(24)14-25-23(16)19-6-3-5-18(26-19)20-15-30-21(27-20)7-4-8-22(30)29-11-9-28(2)10-12-29/h4,7-8,13-14,18-20,26H,3,5-6,9-12,15H2,1-2H3/t18-,19+,20?/m1/s1. The minimum atomic E-state index is -0.266. The number of amidine groups is 1. The monoisotopic (exact) mass is 410 g/mol. The molecule has 3 atom stereocenters. The van der Waals surface area contributed by atoms with E-state index in [1.54, 1.807) is 6.07 Å². The molecule has 2 saturated heterocycles. The first-order valence-corrected chi connectivity index (χ1v) is 11.1. The number of likely N-dealkylation sites (N-methyl/N-ethyl adjacent to an activating group) is 1. The van der Waals surface area contributed by atoms with Gasteiger partial charge in [0.1, 0.15) is 17.5 Å². The highest BCUT2D eigenvalue weighted by Crippen LogP contribution is 2.31. The van der Waals surface area contributed by atoms with Crippen LogP contribution in [0, 0.1) is 12.7 Å². The highest BCUT2D eigenvalue weighted by Gasteiger charge is 2.37. The van der Waals surface area contributed by atoms with Gasteiger partial charge in [0.15, 0.2) is 0 Å². The maximum absolute atomic E-state index is 13.5. The molecule has 0 saturated carbocycles. The van der Waals surface area contributed by atoms with Crippen LogP contribution in [0.3, 0.4) is 0 Å². The van der Waals surface area contributed by atoms with E-state index in [1.165, 1.54) is 12.0 Å². The van der Waals surface area contributed by atoms with Crippen molar-refractivity contribution in [2.45, 2.75) is 44.3 Å². The fraction of sp³-hybridized carbons (Fsp3) is 0.565. The van der Waals surface area contributed by atoms with E-state index in [0.717, 1.165) is 69.1 Å². The highest BCUT2D eigenvalue weighted by molar-refractivity contribution is 5.97. The quantitative estimate of drug-likeness (QED) is 0.830. The lowest BCUT2D eigenvalue weighted by molar-refractivity contribution is 0.158. The van der Waals surface area contributed by atoms with Gasteiger partial charge in [-0.15, -0.1) is 0 Å². The smallest absolute Gasteiger partial charge is 0.141 e. The molecule has 0 aliphatic carbocycles. The van der Waals surface area contributed by atoms with Gasteiger partial charge in [-0.25, -0.2) is 4.39 Å². The maximum Gasteiger partial charge on any atom is 0.141 e. The second-order valence-corrected chi connectivity index (χ2v) is 8.95. The number of hydrogen-bond donors (Lipinski definition) is 1. The number of rotatable bonds is 3. The van der Waals surface area contributed by atoms with Gasteiger partial charge < -0.3 is 20.0 Å². The Morgan fingerprint density at radius 2 is 2.00 bits per heavy atom. The van der Waals surface area contributed by atoms with E-state index in [0.29, 0.717) is 6.04 Å². The second kappa shape index (κ2) is 8.12. The maximum atomic E-state index is 13.5. The highest BCUT2D eigenvalue weighted by atomic mass is 19.1. The van der Waals surface area contributed by atoms with Gasteiger partial charge in [0.25, 0.3) is 0 Å². The van der Waals surface area contributed by atoms with Crippen LogP contribution >= 0.6 is 0 Å². The molecule has 4 aliphatic heterocycles. The predicted molar refractivity (Wildman–Crippen MR) is 117 cm³/mol. The summed E-state index contributed by atoms with van der Waals surface area (Å²) in [5, 5.41) is 3.80. The molecule has 0 aromatic carbocycles. The fourth-order valence-corrected chi connectivity index (χ4v) is 5.15. The van der Waals surface area contributed by atoms with Crippen LogP contribution in [0.4, 0.5) is 4.39 Å². The van der Waals surface area contributed by atoms with Crippen molar-refractivity contribution in [3.05, 3.63) is 53.4 Å². The molecule has 7 heteroatoms. The summed E-state index contributed by atoms with van der Waals surface area (Å²) in [7, 11) is 2.19. The summed E-state index contributed by atoms with van der Waals surface area (Å²) in [6.45, 7) is 7.18. The number of nitrogens with zero attached hydrogens (tertiary/aromatic N) is 5. The van der Waals surface area contributed by atoms with Crippen molar-refractivity contribution < 1.29 is 4.39 Å². The van der Waals surface area contributed by atoms with Gasteiger partial charge in [-0.2, -0.15) is 0 Å². The number of aryl methyl sites for hydroxylation is 1. The molecule has 160 valence electrons. The van der Waals surface area contributed by atoms with Crippen LogP contribution in [-0.4, -0.2) is 77.4 Å². The van der Waals surface area contributed by atoms with Gasteiger partial charge in [0, 0.05) is 38.8 Å². The van der Waals surface area contributed by atoms with Crippen LogP contribution in [-0.2, 0) is 0 Å². The average Bonchev–Trinajstić information content (AvgIpc) is 3.19. The van der Waals surface area contributed by atoms with Crippen molar-refractivity contribution in [3.8, 4) is 0 Å². The topological polar surface area (TPSA) is 47.0 Å². The van der Waals surface area contributed by atoms with Crippen LogP contribution < -0.4 is 5.32 Å². The summed E-state index contributed by atoms with van der Waals surface area (Å²) in [6, 6.07) is 2.30. The molecule has 2 fully saturated rings. The summed E-state index contributed by atoms with van der Waals surface area (Å²) in [5.74, 6) is 2.10. The lowest BCUT2D eigenvalue weighted by Gasteiger charge is -2.40. The molecule has 1 unspecified atom stereocenters. The normalized spacial score (nSPS) is 29.6. The first kappa shape index (κ1) is 19.7. The van der Waals surface area contributed by atoms with E-state index in [9.17, 15) is 4.39 Å². The number of aliphatic imine (C=N–C) groups is 1. The van der Waals surface area contributed by atoms with Gasteiger partial charge in [-0.1, -0.05) is 6.08 Å². The molecule has 5 heterocycles. The third-order valence-electron chi connectivity index (χ3n) is 6.84. The molecule has 1 aromatic rings. The first-order chi connectivity index (χ1) is 14.6. The molecule has 6 nitrogen and oxygen atoms in total. The number of fused-ring (bicyclic) bond motifs is 1. The first-order valence-electron chi connectivity index (χ1n) is 11.1. The summed E-state index contributed by atoms with van der Waals surface area (Å²) >= 11 is 0. The Kier molecular flexibility index (Phi) is 5.33. The average molecular weight is 411 g/mol. The van der Waals surface area contributed by atoms with Crippen molar-refractivity contribution in [1.82, 2.24) is 25.0 Å². The Hall–Kier alpha value is -2.25. The number of pyridine rings is 1. The van der Waals surface area contributed by atoms with Crippen LogP contribution in [0.25, 0.3) is 0 Å². The van der Waals surface area contributed by atoms with Crippen molar-refractivity contribution in [3.63, 3.8) is 0 Å². The van der Waals surface area contributed by atoms with E-state index in [2.05, 4.69) is 50.3 Å². The molecule has 30 heavy (non-hydrogen) atoms. The fourth-order valence-electron chi connectivity index (χ4n) is 5.15. The predicted octanol–water partition coefficient (Wildman–Crippen LogP) is 2.45. The minimum Gasteiger partial charge on any atom is -0.355 e. The van der Waals surface area contributed by atoms with Crippen LogP contribution in [0.1, 0.15) is 36.6 Å². The molecule has 0 bridgehead atoms. The molecule has 5 rings (SSSR count). The summed E-state index contributed by atoms with van der Waals surface area (Å²) in [6.07, 6.45) is 11.1. The molecule has 0 amide bonds. The number of allylic oxidation sites excluding steroid dienone is 2. The minimum absolute atomic E-state index is 0.172. The summed E-state index contributed by atoms with van der Waals surface area (Å²) in [5.41, 5.74) is 1.90. The molecule has 0 radical (unpaired) electrons. The zero-order valence-corrected chi connectivity index (χ0v) is 17.9. The summed E-state index contributed by atoms with van der Waals surface area (Å²) < 4.78 is 13.5. The molecular formula is C23H31FN6. The van der Waals surface area contributed by atoms with Crippen molar-refractivity contribution in [2.24, 2.45) is 4.99 Å². The molecule has 1 aromatic heterocycles. The SMILES string of the molecule is Cc1cc(F)cnc1[C@@H]1CCC[C@H](C2CN3C(N4CCN(C)CC4)=CC=CC3=N2)N1. The number of nitrogens with one attached hydrogen (secondary N) is 1.